The first kappa shape index (κ1) is 21.6. The minimum atomic E-state index is -0.194. The zero-order valence-electron chi connectivity index (χ0n) is 18.0. The number of fused-ring (bicyclic) bond motifs is 1. The lowest BCUT2D eigenvalue weighted by molar-refractivity contribution is -0.116. The standard InChI is InChI=1S/C24H29NO5/c1-5-28-21-13-18-11-16(3)30-22(18)14-19(21)15-25-24(26)10-8-17-7-9-20(27-4)23(12-17)29-6-2/h7-10,12-14,16H,5-6,11,15H2,1-4H3,(H,25,26)/b10-8+/t16-/m0/s1. The molecule has 0 spiro atoms. The lowest BCUT2D eigenvalue weighted by atomic mass is 10.1. The van der Waals surface area contributed by atoms with Crippen molar-refractivity contribution >= 4 is 12.0 Å². The van der Waals surface area contributed by atoms with Gasteiger partial charge in [0.15, 0.2) is 11.5 Å². The SMILES string of the molecule is CCOc1cc2c(cc1CNC(=O)/C=C/c1ccc(OC)c(OCC)c1)O[C@@H](C)C2. The molecule has 2 aromatic carbocycles. The van der Waals surface area contributed by atoms with Crippen LogP contribution >= 0.6 is 0 Å². The Morgan fingerprint density at radius 2 is 1.90 bits per heavy atom. The summed E-state index contributed by atoms with van der Waals surface area (Å²) in [5.74, 6) is 2.77. The molecule has 0 saturated heterocycles. The van der Waals surface area contributed by atoms with E-state index in [4.69, 9.17) is 18.9 Å². The van der Waals surface area contributed by atoms with Crippen molar-refractivity contribution in [2.45, 2.75) is 39.8 Å². The quantitative estimate of drug-likeness (QED) is 0.628. The predicted molar refractivity (Wildman–Crippen MR) is 116 cm³/mol. The minimum Gasteiger partial charge on any atom is -0.494 e. The van der Waals surface area contributed by atoms with E-state index in [0.29, 0.717) is 31.3 Å². The maximum Gasteiger partial charge on any atom is 0.244 e. The highest BCUT2D eigenvalue weighted by atomic mass is 16.5. The first-order valence-corrected chi connectivity index (χ1v) is 10.3. The van der Waals surface area contributed by atoms with Crippen molar-refractivity contribution in [1.29, 1.82) is 0 Å². The molecule has 6 nitrogen and oxygen atoms in total. The fourth-order valence-corrected chi connectivity index (χ4v) is 3.39. The highest BCUT2D eigenvalue weighted by Gasteiger charge is 2.21. The minimum absolute atomic E-state index is 0.160. The average molecular weight is 411 g/mol. The second-order valence-corrected chi connectivity index (χ2v) is 7.03. The molecule has 1 amide bonds. The molecule has 0 unspecified atom stereocenters. The maximum absolute atomic E-state index is 12.4. The van der Waals surface area contributed by atoms with E-state index in [-0.39, 0.29) is 12.0 Å². The summed E-state index contributed by atoms with van der Waals surface area (Å²) < 4.78 is 22.5. The summed E-state index contributed by atoms with van der Waals surface area (Å²) >= 11 is 0. The fourth-order valence-electron chi connectivity index (χ4n) is 3.39. The topological polar surface area (TPSA) is 66.0 Å². The summed E-state index contributed by atoms with van der Waals surface area (Å²) in [6.07, 6.45) is 4.28. The number of carbonyl (C=O) groups is 1. The van der Waals surface area contributed by atoms with Gasteiger partial charge in [-0.05, 0) is 56.7 Å². The number of hydrogen-bond acceptors (Lipinski definition) is 5. The van der Waals surface area contributed by atoms with Crippen LogP contribution < -0.4 is 24.3 Å². The Hall–Kier alpha value is -3.15. The summed E-state index contributed by atoms with van der Waals surface area (Å²) in [5.41, 5.74) is 2.89. The van der Waals surface area contributed by atoms with Gasteiger partial charge >= 0.3 is 0 Å². The van der Waals surface area contributed by atoms with E-state index in [9.17, 15) is 4.79 Å². The molecule has 160 valence electrons. The van der Waals surface area contributed by atoms with E-state index in [2.05, 4.69) is 5.32 Å². The maximum atomic E-state index is 12.4. The molecule has 1 aliphatic rings. The van der Waals surface area contributed by atoms with E-state index in [1.54, 1.807) is 13.2 Å². The largest absolute Gasteiger partial charge is 0.494 e. The zero-order chi connectivity index (χ0) is 21.5. The summed E-state index contributed by atoms with van der Waals surface area (Å²) in [6, 6.07) is 9.52. The number of ether oxygens (including phenoxy) is 4. The van der Waals surface area contributed by atoms with Crippen molar-refractivity contribution in [3.63, 3.8) is 0 Å². The van der Waals surface area contributed by atoms with Crippen LogP contribution in [0.3, 0.4) is 0 Å². The summed E-state index contributed by atoms with van der Waals surface area (Å²) in [7, 11) is 1.60. The van der Waals surface area contributed by atoms with Crippen LogP contribution in [0, 0.1) is 0 Å². The van der Waals surface area contributed by atoms with Gasteiger partial charge in [-0.1, -0.05) is 6.07 Å². The number of benzene rings is 2. The number of methoxy groups -OCH3 is 1. The third kappa shape index (κ3) is 5.26. The van der Waals surface area contributed by atoms with Gasteiger partial charge in [0.2, 0.25) is 5.91 Å². The molecule has 3 rings (SSSR count). The van der Waals surface area contributed by atoms with Crippen LogP contribution in [0.25, 0.3) is 6.08 Å². The smallest absolute Gasteiger partial charge is 0.244 e. The molecular weight excluding hydrogens is 382 g/mol. The molecule has 1 atom stereocenters. The fraction of sp³-hybridized carbons (Fsp3) is 0.375. The monoisotopic (exact) mass is 411 g/mol. The predicted octanol–water partition coefficient (Wildman–Crippen LogP) is 4.15. The lowest BCUT2D eigenvalue weighted by Gasteiger charge is -2.13. The number of amides is 1. The van der Waals surface area contributed by atoms with Crippen molar-refractivity contribution in [2.75, 3.05) is 20.3 Å². The molecule has 0 aliphatic carbocycles. The van der Waals surface area contributed by atoms with Crippen LogP contribution in [-0.2, 0) is 17.8 Å². The van der Waals surface area contributed by atoms with Crippen LogP contribution in [0.15, 0.2) is 36.4 Å². The van der Waals surface area contributed by atoms with Gasteiger partial charge in [0.1, 0.15) is 17.6 Å². The normalized spacial score (nSPS) is 14.9. The molecule has 30 heavy (non-hydrogen) atoms. The van der Waals surface area contributed by atoms with Gasteiger partial charge in [0, 0.05) is 30.2 Å². The third-order valence-corrected chi connectivity index (χ3v) is 4.75. The van der Waals surface area contributed by atoms with Crippen molar-refractivity contribution in [3.8, 4) is 23.0 Å². The molecule has 0 bridgehead atoms. The Labute approximate surface area is 177 Å². The van der Waals surface area contributed by atoms with Crippen molar-refractivity contribution in [2.24, 2.45) is 0 Å². The van der Waals surface area contributed by atoms with Crippen molar-refractivity contribution < 1.29 is 23.7 Å². The highest BCUT2D eigenvalue weighted by molar-refractivity contribution is 5.91. The van der Waals surface area contributed by atoms with Crippen molar-refractivity contribution in [1.82, 2.24) is 5.32 Å². The lowest BCUT2D eigenvalue weighted by Crippen LogP contribution is -2.20. The second-order valence-electron chi connectivity index (χ2n) is 7.03. The Bertz CT molecular complexity index is 922. The van der Waals surface area contributed by atoms with Gasteiger partial charge in [0.05, 0.1) is 20.3 Å². The van der Waals surface area contributed by atoms with Crippen LogP contribution in [0.4, 0.5) is 0 Å². The van der Waals surface area contributed by atoms with Gasteiger partial charge < -0.3 is 24.3 Å². The Balaban J connectivity index is 1.66. The number of rotatable bonds is 9. The number of nitrogens with one attached hydrogen (secondary N) is 1. The van der Waals surface area contributed by atoms with E-state index in [1.165, 1.54) is 6.08 Å². The van der Waals surface area contributed by atoms with E-state index < -0.39 is 0 Å². The first-order valence-electron chi connectivity index (χ1n) is 10.3. The number of carbonyl (C=O) groups excluding carboxylic acids is 1. The molecule has 0 radical (unpaired) electrons. The van der Waals surface area contributed by atoms with Gasteiger partial charge in [-0.15, -0.1) is 0 Å². The first-order chi connectivity index (χ1) is 14.5. The van der Waals surface area contributed by atoms with Gasteiger partial charge in [-0.3, -0.25) is 4.79 Å². The second kappa shape index (κ2) is 10.1. The van der Waals surface area contributed by atoms with Gasteiger partial charge in [0.25, 0.3) is 0 Å². The van der Waals surface area contributed by atoms with Gasteiger partial charge in [-0.25, -0.2) is 0 Å². The molecule has 1 aliphatic heterocycles. The van der Waals surface area contributed by atoms with Crippen LogP contribution in [0.1, 0.15) is 37.5 Å². The van der Waals surface area contributed by atoms with E-state index >= 15 is 0 Å². The number of hydrogen-bond donors (Lipinski definition) is 1. The Morgan fingerprint density at radius 1 is 1.13 bits per heavy atom. The van der Waals surface area contributed by atoms with Crippen LogP contribution in [0.5, 0.6) is 23.0 Å². The van der Waals surface area contributed by atoms with E-state index in [0.717, 1.165) is 34.6 Å². The molecular formula is C24H29NO5. The van der Waals surface area contributed by atoms with Gasteiger partial charge in [-0.2, -0.15) is 0 Å². The van der Waals surface area contributed by atoms with Crippen molar-refractivity contribution in [3.05, 3.63) is 53.1 Å². The summed E-state index contributed by atoms with van der Waals surface area (Å²) in [6.45, 7) is 7.36. The Morgan fingerprint density at radius 3 is 2.63 bits per heavy atom. The van der Waals surface area contributed by atoms with Crippen LogP contribution in [-0.4, -0.2) is 32.3 Å². The molecule has 1 heterocycles. The molecule has 6 heteroatoms. The van der Waals surface area contributed by atoms with Crippen LogP contribution in [0.2, 0.25) is 0 Å². The molecule has 2 aromatic rings. The molecule has 0 saturated carbocycles. The highest BCUT2D eigenvalue weighted by Crippen LogP contribution is 2.35. The summed E-state index contributed by atoms with van der Waals surface area (Å²) in [4.78, 5) is 12.4. The summed E-state index contributed by atoms with van der Waals surface area (Å²) in [5, 5.41) is 2.92. The molecule has 1 N–H and O–H groups in total. The Kier molecular flexibility index (Phi) is 7.22. The molecule has 0 aromatic heterocycles. The average Bonchev–Trinajstić information content (AvgIpc) is 3.10. The molecule has 0 fully saturated rings. The third-order valence-electron chi connectivity index (χ3n) is 4.75. The zero-order valence-corrected chi connectivity index (χ0v) is 18.0. The van der Waals surface area contributed by atoms with E-state index in [1.807, 2.05) is 51.1 Å².